The van der Waals surface area contributed by atoms with Crippen molar-refractivity contribution in [1.82, 2.24) is 9.88 Å². The second-order valence-electron chi connectivity index (χ2n) is 5.05. The van der Waals surface area contributed by atoms with Gasteiger partial charge in [0.2, 0.25) is 0 Å². The molecule has 1 atom stereocenters. The molecule has 1 unspecified atom stereocenters. The van der Waals surface area contributed by atoms with Gasteiger partial charge in [0, 0.05) is 19.2 Å². The summed E-state index contributed by atoms with van der Waals surface area (Å²) < 4.78 is 0. The highest BCUT2D eigenvalue weighted by atomic mass is 16.7. The summed E-state index contributed by atoms with van der Waals surface area (Å²) >= 11 is 0. The fraction of sp³-hybridized carbons (Fsp3) is 0.600. The molecule has 4 heteroatoms. The second kappa shape index (κ2) is 6.15. The molecular weight excluding hydrogens is 238 g/mol. The van der Waals surface area contributed by atoms with Crippen molar-refractivity contribution < 1.29 is 4.84 Å². The van der Waals surface area contributed by atoms with Crippen molar-refractivity contribution in [3.8, 4) is 0 Å². The predicted octanol–water partition coefficient (Wildman–Crippen LogP) is 2.70. The first kappa shape index (κ1) is 14.0. The molecular formula is C15H23N3O. The van der Waals surface area contributed by atoms with Gasteiger partial charge in [-0.1, -0.05) is 25.1 Å². The number of aromatic nitrogens is 1. The van der Waals surface area contributed by atoms with Gasteiger partial charge in [-0.2, -0.15) is 0 Å². The maximum atomic E-state index is 5.73. The number of likely N-dealkylation sites (tertiary alicyclic amines) is 1. The molecule has 104 valence electrons. The Morgan fingerprint density at radius 1 is 1.32 bits per heavy atom. The molecule has 3 rings (SSSR count). The maximum Gasteiger partial charge on any atom is 0.156 e. The van der Waals surface area contributed by atoms with Crippen LogP contribution in [0.4, 0.5) is 0 Å². The summed E-state index contributed by atoms with van der Waals surface area (Å²) in [6.45, 7) is 6.12. The third-order valence-electron chi connectivity index (χ3n) is 3.53. The van der Waals surface area contributed by atoms with Gasteiger partial charge < -0.3 is 9.74 Å². The third-order valence-corrected chi connectivity index (χ3v) is 3.53. The number of oxime groups is 1. The van der Waals surface area contributed by atoms with Gasteiger partial charge in [-0.3, -0.25) is 4.98 Å². The van der Waals surface area contributed by atoms with E-state index in [1.807, 2.05) is 32.0 Å². The quantitative estimate of drug-likeness (QED) is 0.780. The van der Waals surface area contributed by atoms with Crippen LogP contribution in [-0.4, -0.2) is 41.3 Å². The van der Waals surface area contributed by atoms with E-state index in [4.69, 9.17) is 4.84 Å². The average molecular weight is 261 g/mol. The van der Waals surface area contributed by atoms with Gasteiger partial charge in [0.05, 0.1) is 5.69 Å². The van der Waals surface area contributed by atoms with E-state index in [-0.39, 0.29) is 5.60 Å². The van der Waals surface area contributed by atoms with Gasteiger partial charge in [0.1, 0.15) is 5.71 Å². The molecule has 0 N–H and O–H groups in total. The molecule has 1 aromatic rings. The van der Waals surface area contributed by atoms with Crippen molar-refractivity contribution in [2.45, 2.75) is 38.7 Å². The molecule has 1 spiro atoms. The maximum absolute atomic E-state index is 5.73. The molecule has 0 amide bonds. The van der Waals surface area contributed by atoms with Crippen molar-refractivity contribution >= 4 is 5.71 Å². The minimum atomic E-state index is -0.0974. The minimum Gasteiger partial charge on any atom is -0.387 e. The summed E-state index contributed by atoms with van der Waals surface area (Å²) in [5.74, 6) is 0. The summed E-state index contributed by atoms with van der Waals surface area (Å²) in [5, 5.41) is 4.24. The van der Waals surface area contributed by atoms with Gasteiger partial charge in [0.15, 0.2) is 5.60 Å². The summed E-state index contributed by atoms with van der Waals surface area (Å²) in [6.07, 6.45) is 4.96. The zero-order chi connectivity index (χ0) is 13.7. The number of nitrogens with zero attached hydrogens (tertiary/aromatic N) is 3. The zero-order valence-corrected chi connectivity index (χ0v) is 12.1. The Hall–Kier alpha value is -1.42. The lowest BCUT2D eigenvalue weighted by Crippen LogP contribution is -2.46. The van der Waals surface area contributed by atoms with E-state index < -0.39 is 0 Å². The van der Waals surface area contributed by atoms with Gasteiger partial charge in [-0.15, -0.1) is 0 Å². The monoisotopic (exact) mass is 261 g/mol. The van der Waals surface area contributed by atoms with Crippen LogP contribution in [0, 0.1) is 0 Å². The largest absolute Gasteiger partial charge is 0.387 e. The van der Waals surface area contributed by atoms with E-state index >= 15 is 0 Å². The lowest BCUT2D eigenvalue weighted by atomic mass is 9.88. The highest BCUT2D eigenvalue weighted by molar-refractivity contribution is 6.00. The number of hydrogen-bond acceptors (Lipinski definition) is 4. The number of hydrogen-bond donors (Lipinski definition) is 0. The van der Waals surface area contributed by atoms with E-state index in [1.54, 1.807) is 6.20 Å². The first-order valence-corrected chi connectivity index (χ1v) is 7.12. The van der Waals surface area contributed by atoms with Crippen molar-refractivity contribution in [3.05, 3.63) is 30.1 Å². The lowest BCUT2D eigenvalue weighted by Gasteiger charge is -2.36. The van der Waals surface area contributed by atoms with Gasteiger partial charge in [-0.25, -0.2) is 0 Å². The van der Waals surface area contributed by atoms with Gasteiger partial charge >= 0.3 is 0 Å². The number of rotatable bonds is 1. The lowest BCUT2D eigenvalue weighted by molar-refractivity contribution is -0.0631. The fourth-order valence-electron chi connectivity index (χ4n) is 2.73. The van der Waals surface area contributed by atoms with Crippen LogP contribution in [0.25, 0.3) is 0 Å². The summed E-state index contributed by atoms with van der Waals surface area (Å²) in [4.78, 5) is 12.4. The highest BCUT2D eigenvalue weighted by Gasteiger charge is 2.42. The first-order valence-electron chi connectivity index (χ1n) is 7.12. The molecule has 1 fully saturated rings. The molecule has 0 aromatic carbocycles. The van der Waals surface area contributed by atoms with Crippen molar-refractivity contribution in [2.75, 3.05) is 20.1 Å². The number of pyridine rings is 1. The molecule has 2 aliphatic heterocycles. The summed E-state index contributed by atoms with van der Waals surface area (Å²) in [6, 6.07) is 5.90. The van der Waals surface area contributed by atoms with Crippen molar-refractivity contribution in [2.24, 2.45) is 5.16 Å². The first-order chi connectivity index (χ1) is 9.27. The van der Waals surface area contributed by atoms with E-state index in [0.29, 0.717) is 0 Å². The second-order valence-corrected chi connectivity index (χ2v) is 5.05. The van der Waals surface area contributed by atoms with Crippen LogP contribution >= 0.6 is 0 Å². The van der Waals surface area contributed by atoms with Crippen LogP contribution in [0.3, 0.4) is 0 Å². The standard InChI is InChI=1S/C13H17N3O.C2H6/c1-16-8-4-6-13(10-16)9-12(15-17-13)11-5-2-3-7-14-11;1-2/h2-3,5,7H,4,6,8-10H2,1H3;1-2H3. The zero-order valence-electron chi connectivity index (χ0n) is 12.1. The van der Waals surface area contributed by atoms with E-state index in [2.05, 4.69) is 22.1 Å². The molecule has 3 heterocycles. The van der Waals surface area contributed by atoms with Gasteiger partial charge in [-0.05, 0) is 38.6 Å². The van der Waals surface area contributed by atoms with Crippen LogP contribution < -0.4 is 0 Å². The molecule has 0 aliphatic carbocycles. The molecule has 19 heavy (non-hydrogen) atoms. The van der Waals surface area contributed by atoms with Crippen LogP contribution in [0.5, 0.6) is 0 Å². The molecule has 0 radical (unpaired) electrons. The minimum absolute atomic E-state index is 0.0974. The molecule has 1 aromatic heterocycles. The highest BCUT2D eigenvalue weighted by Crippen LogP contribution is 2.33. The van der Waals surface area contributed by atoms with Crippen LogP contribution in [0.15, 0.2) is 29.6 Å². The Labute approximate surface area is 115 Å². The van der Waals surface area contributed by atoms with Crippen LogP contribution in [0.1, 0.15) is 38.8 Å². The van der Waals surface area contributed by atoms with Gasteiger partial charge in [0.25, 0.3) is 0 Å². The smallest absolute Gasteiger partial charge is 0.156 e. The van der Waals surface area contributed by atoms with Crippen LogP contribution in [0.2, 0.25) is 0 Å². The SMILES string of the molecule is CC.CN1CCCC2(CC(c3ccccn3)=NO2)C1. The Morgan fingerprint density at radius 3 is 2.84 bits per heavy atom. The van der Waals surface area contributed by atoms with E-state index in [0.717, 1.165) is 37.3 Å². The predicted molar refractivity (Wildman–Crippen MR) is 77.3 cm³/mol. The van der Waals surface area contributed by atoms with Crippen molar-refractivity contribution in [3.63, 3.8) is 0 Å². The van der Waals surface area contributed by atoms with Crippen molar-refractivity contribution in [1.29, 1.82) is 0 Å². The Bertz CT molecular complexity index is 432. The average Bonchev–Trinajstić information content (AvgIpc) is 2.85. The topological polar surface area (TPSA) is 37.7 Å². The Morgan fingerprint density at radius 2 is 2.16 bits per heavy atom. The summed E-state index contributed by atoms with van der Waals surface area (Å²) in [7, 11) is 2.14. The van der Waals surface area contributed by atoms with Crippen LogP contribution in [-0.2, 0) is 4.84 Å². The molecule has 0 bridgehead atoms. The Kier molecular flexibility index (Phi) is 4.53. The van der Waals surface area contributed by atoms with E-state index in [1.165, 1.54) is 6.42 Å². The number of likely N-dealkylation sites (N-methyl/N-ethyl adjacent to an activating group) is 1. The summed E-state index contributed by atoms with van der Waals surface area (Å²) in [5.41, 5.74) is 1.83. The van der Waals surface area contributed by atoms with E-state index in [9.17, 15) is 0 Å². The molecule has 0 saturated carbocycles. The fourth-order valence-corrected chi connectivity index (χ4v) is 2.73. The third kappa shape index (κ3) is 3.13. The molecule has 1 saturated heterocycles. The Balaban J connectivity index is 0.000000637. The molecule has 2 aliphatic rings. The molecule has 4 nitrogen and oxygen atoms in total. The number of piperidine rings is 1. The normalized spacial score (nSPS) is 26.4.